The molecule has 8 nitrogen and oxygen atoms in total. The second-order valence-electron chi connectivity index (χ2n) is 6.26. The maximum absolute atomic E-state index is 13.0. The van der Waals surface area contributed by atoms with E-state index in [0.29, 0.717) is 16.9 Å². The molecule has 3 rings (SSSR count). The van der Waals surface area contributed by atoms with Crippen LogP contribution in [0.15, 0.2) is 30.5 Å². The number of nitrogens with one attached hydrogen (secondary N) is 2. The maximum atomic E-state index is 13.0. The number of aromatic amines is 1. The molecule has 0 saturated heterocycles. The Balaban J connectivity index is 2.14. The van der Waals surface area contributed by atoms with Gasteiger partial charge in [0.15, 0.2) is 5.82 Å². The Labute approximate surface area is 160 Å². The van der Waals surface area contributed by atoms with E-state index >= 15 is 0 Å². The number of H-pyrrole nitrogens is 1. The summed E-state index contributed by atoms with van der Waals surface area (Å²) in [6, 6.07) is 6.13. The third kappa shape index (κ3) is 3.41. The van der Waals surface area contributed by atoms with Crippen LogP contribution in [0.3, 0.4) is 0 Å². The van der Waals surface area contributed by atoms with Crippen molar-refractivity contribution in [3.8, 4) is 22.9 Å². The first-order valence-corrected chi connectivity index (χ1v) is 8.66. The topological polar surface area (TPSA) is 116 Å². The molecule has 27 heavy (non-hydrogen) atoms. The zero-order valence-corrected chi connectivity index (χ0v) is 15.8. The van der Waals surface area contributed by atoms with Gasteiger partial charge in [-0.15, -0.1) is 0 Å². The molecule has 9 heteroatoms. The quantitative estimate of drug-likeness (QED) is 0.509. The summed E-state index contributed by atoms with van der Waals surface area (Å²) in [5, 5.41) is 29.9. The number of pyridine rings is 1. The molecule has 0 aliphatic rings. The van der Waals surface area contributed by atoms with E-state index in [1.165, 1.54) is 16.8 Å². The second kappa shape index (κ2) is 7.20. The van der Waals surface area contributed by atoms with Gasteiger partial charge < -0.3 is 15.5 Å². The molecule has 3 aromatic rings. The molecule has 0 saturated carbocycles. The van der Waals surface area contributed by atoms with Gasteiger partial charge in [-0.2, -0.15) is 5.10 Å². The molecule has 4 N–H and O–H groups in total. The molecule has 2 heterocycles. The van der Waals surface area contributed by atoms with Gasteiger partial charge in [0.25, 0.3) is 5.91 Å². The molecular weight excluding hydrogens is 366 g/mol. The largest absolute Gasteiger partial charge is 0.508 e. The highest BCUT2D eigenvalue weighted by Gasteiger charge is 2.22. The van der Waals surface area contributed by atoms with Gasteiger partial charge in [0.05, 0.1) is 11.1 Å². The third-order valence-corrected chi connectivity index (χ3v) is 4.42. The van der Waals surface area contributed by atoms with Crippen LogP contribution >= 0.6 is 12.2 Å². The summed E-state index contributed by atoms with van der Waals surface area (Å²) in [6.07, 6.45) is 1.43. The first-order chi connectivity index (χ1) is 12.8. The van der Waals surface area contributed by atoms with Gasteiger partial charge in [0.2, 0.25) is 4.77 Å². The molecule has 0 unspecified atom stereocenters. The normalized spacial score (nSPS) is 11.0. The lowest BCUT2D eigenvalue weighted by atomic mass is 9.98. The number of anilines is 1. The van der Waals surface area contributed by atoms with Crippen molar-refractivity contribution in [3.05, 3.63) is 46.4 Å². The number of carbonyl (C=O) groups is 1. The molecule has 0 spiro atoms. The molecule has 0 fully saturated rings. The average Bonchev–Trinajstić information content (AvgIpc) is 3.02. The molecule has 140 valence electrons. The second-order valence-corrected chi connectivity index (χ2v) is 6.64. The number of phenols is 2. The third-order valence-electron chi connectivity index (χ3n) is 4.15. The van der Waals surface area contributed by atoms with Crippen LogP contribution in [0.1, 0.15) is 35.7 Å². The Morgan fingerprint density at radius 2 is 2.00 bits per heavy atom. The van der Waals surface area contributed by atoms with Crippen molar-refractivity contribution in [3.63, 3.8) is 0 Å². The Bertz CT molecular complexity index is 1050. The highest BCUT2D eigenvalue weighted by molar-refractivity contribution is 7.71. The SMILES string of the molecule is CNc1ccc(C(=O)n2c(-c3cc(C(C)C)c(O)cc3O)n[nH]c2=S)cn1. The molecule has 0 aliphatic heterocycles. The van der Waals surface area contributed by atoms with Gasteiger partial charge >= 0.3 is 0 Å². The van der Waals surface area contributed by atoms with Gasteiger partial charge in [0, 0.05) is 19.3 Å². The van der Waals surface area contributed by atoms with E-state index in [9.17, 15) is 15.0 Å². The van der Waals surface area contributed by atoms with Gasteiger partial charge in [0.1, 0.15) is 17.3 Å². The fourth-order valence-electron chi connectivity index (χ4n) is 2.70. The molecule has 0 bridgehead atoms. The fraction of sp³-hybridized carbons (Fsp3) is 0.222. The number of rotatable bonds is 4. The van der Waals surface area contributed by atoms with E-state index in [-0.39, 0.29) is 33.6 Å². The standard InChI is InChI=1S/C18H19N5O3S/c1-9(2)11-6-12(14(25)7-13(11)24)16-21-22-18(27)23(16)17(26)10-4-5-15(19-3)20-8-10/h4-9,24-25H,1-3H3,(H,19,20)(H,22,27). The van der Waals surface area contributed by atoms with E-state index < -0.39 is 5.91 Å². The summed E-state index contributed by atoms with van der Waals surface area (Å²) in [4.78, 5) is 17.1. The minimum absolute atomic E-state index is 0.00806. The van der Waals surface area contributed by atoms with Crippen molar-refractivity contribution < 1.29 is 15.0 Å². The van der Waals surface area contributed by atoms with E-state index in [1.54, 1.807) is 25.2 Å². The van der Waals surface area contributed by atoms with E-state index in [1.807, 2.05) is 13.8 Å². The van der Waals surface area contributed by atoms with Crippen molar-refractivity contribution in [1.29, 1.82) is 0 Å². The molecule has 0 aliphatic carbocycles. The van der Waals surface area contributed by atoms with Gasteiger partial charge in [-0.25, -0.2) is 9.55 Å². The summed E-state index contributed by atoms with van der Waals surface area (Å²) < 4.78 is 1.29. The Morgan fingerprint density at radius 3 is 2.59 bits per heavy atom. The van der Waals surface area contributed by atoms with Crippen LogP contribution in [0.5, 0.6) is 11.5 Å². The highest BCUT2D eigenvalue weighted by atomic mass is 32.1. The summed E-state index contributed by atoms with van der Waals surface area (Å²) in [5.41, 5.74) is 1.22. The Hall–Kier alpha value is -3.20. The van der Waals surface area contributed by atoms with Gasteiger partial charge in [-0.05, 0) is 41.9 Å². The zero-order chi connectivity index (χ0) is 19.7. The first-order valence-electron chi connectivity index (χ1n) is 8.25. The predicted molar refractivity (Wildman–Crippen MR) is 104 cm³/mol. The number of benzene rings is 1. The zero-order valence-electron chi connectivity index (χ0n) is 15.0. The smallest absolute Gasteiger partial charge is 0.267 e. The minimum Gasteiger partial charge on any atom is -0.508 e. The van der Waals surface area contributed by atoms with Crippen molar-refractivity contribution >= 4 is 23.9 Å². The Kier molecular flexibility index (Phi) is 4.95. The lowest BCUT2D eigenvalue weighted by molar-refractivity contribution is 0.0959. The first kappa shape index (κ1) is 18.6. The van der Waals surface area contributed by atoms with Crippen LogP contribution in [0.2, 0.25) is 0 Å². The number of hydrogen-bond donors (Lipinski definition) is 4. The summed E-state index contributed by atoms with van der Waals surface area (Å²) >= 11 is 5.21. The number of aromatic hydroxyl groups is 2. The maximum Gasteiger partial charge on any atom is 0.267 e. The van der Waals surface area contributed by atoms with E-state index in [2.05, 4.69) is 20.5 Å². The number of phenolic OH excluding ortho intramolecular Hbond substituents is 2. The molecule has 2 aromatic heterocycles. The predicted octanol–water partition coefficient (Wildman–Crippen LogP) is 3.27. The summed E-state index contributed by atoms with van der Waals surface area (Å²) in [7, 11) is 1.73. The van der Waals surface area contributed by atoms with Crippen LogP contribution in [-0.2, 0) is 0 Å². The monoisotopic (exact) mass is 385 g/mol. The van der Waals surface area contributed by atoms with Crippen molar-refractivity contribution in [2.75, 3.05) is 12.4 Å². The van der Waals surface area contributed by atoms with Crippen LogP contribution in [-0.4, -0.2) is 42.9 Å². The van der Waals surface area contributed by atoms with Crippen LogP contribution in [0.4, 0.5) is 5.82 Å². The van der Waals surface area contributed by atoms with Crippen molar-refractivity contribution in [2.45, 2.75) is 19.8 Å². The van der Waals surface area contributed by atoms with Crippen molar-refractivity contribution in [2.24, 2.45) is 0 Å². The molecule has 1 aromatic carbocycles. The number of nitrogens with zero attached hydrogens (tertiary/aromatic N) is 3. The Morgan fingerprint density at radius 1 is 1.26 bits per heavy atom. The summed E-state index contributed by atoms with van der Waals surface area (Å²) in [5.74, 6) is 0.127. The van der Waals surface area contributed by atoms with Crippen molar-refractivity contribution in [1.82, 2.24) is 19.7 Å². The fourth-order valence-corrected chi connectivity index (χ4v) is 2.91. The molecular formula is C18H19N5O3S. The number of aromatic nitrogens is 4. The van der Waals surface area contributed by atoms with E-state index in [4.69, 9.17) is 12.2 Å². The molecule has 0 amide bonds. The minimum atomic E-state index is -0.433. The molecule has 0 radical (unpaired) electrons. The lowest BCUT2D eigenvalue weighted by Gasteiger charge is -2.13. The molecule has 0 atom stereocenters. The van der Waals surface area contributed by atoms with Crippen LogP contribution < -0.4 is 5.32 Å². The van der Waals surface area contributed by atoms with Gasteiger partial charge in [-0.1, -0.05) is 13.8 Å². The average molecular weight is 385 g/mol. The highest BCUT2D eigenvalue weighted by Crippen LogP contribution is 2.37. The van der Waals surface area contributed by atoms with Crippen LogP contribution in [0.25, 0.3) is 11.4 Å². The lowest BCUT2D eigenvalue weighted by Crippen LogP contribution is -2.14. The van der Waals surface area contributed by atoms with Gasteiger partial charge in [-0.3, -0.25) is 9.89 Å². The number of hydrogen-bond acceptors (Lipinski definition) is 7. The van der Waals surface area contributed by atoms with E-state index in [0.717, 1.165) is 0 Å². The summed E-state index contributed by atoms with van der Waals surface area (Å²) in [6.45, 7) is 3.82. The number of carbonyl (C=O) groups excluding carboxylic acids is 1. The van der Waals surface area contributed by atoms with Crippen LogP contribution in [0, 0.1) is 4.77 Å².